The van der Waals surface area contributed by atoms with E-state index in [1.165, 1.54) is 19.2 Å². The number of amides is 1. The zero-order valence-corrected chi connectivity index (χ0v) is 21.4. The molecule has 1 saturated carbocycles. The fraction of sp³-hybridized carbons (Fsp3) is 0.440. The zero-order chi connectivity index (χ0) is 28.8. The van der Waals surface area contributed by atoms with Gasteiger partial charge in [-0.15, -0.1) is 0 Å². The van der Waals surface area contributed by atoms with E-state index < -0.39 is 23.9 Å². The number of carboxylic acid groups (broad SMARTS) is 1. The number of benzene rings is 1. The Hall–Kier alpha value is -3.94. The third-order valence-corrected chi connectivity index (χ3v) is 6.31. The van der Waals surface area contributed by atoms with Crippen molar-refractivity contribution in [2.75, 3.05) is 19.0 Å². The van der Waals surface area contributed by atoms with Crippen LogP contribution >= 0.6 is 0 Å². The number of aliphatic carboxylic acids is 1. The van der Waals surface area contributed by atoms with E-state index in [0.29, 0.717) is 18.1 Å². The van der Waals surface area contributed by atoms with E-state index in [1.807, 2.05) is 24.4 Å². The van der Waals surface area contributed by atoms with Gasteiger partial charge in [0, 0.05) is 17.7 Å². The first-order chi connectivity index (χ1) is 18.1. The number of hydrogen-bond donors (Lipinski definition) is 2. The molecule has 0 atom stereocenters. The van der Waals surface area contributed by atoms with Gasteiger partial charge in [-0.3, -0.25) is 9.20 Å². The normalized spacial score (nSPS) is 21.7. The van der Waals surface area contributed by atoms with E-state index in [-0.39, 0.29) is 34.3 Å². The molecular weight excluding hydrogens is 528 g/mol. The monoisotopic (exact) mass is 554 g/mol. The molecule has 2 N–H and O–H groups in total. The Morgan fingerprint density at radius 1 is 1.21 bits per heavy atom. The lowest BCUT2D eigenvalue weighted by Crippen LogP contribution is -2.45. The van der Waals surface area contributed by atoms with Crippen molar-refractivity contribution < 1.29 is 46.5 Å². The average Bonchev–Trinajstić information content (AvgIpc) is 3.49. The third-order valence-electron chi connectivity index (χ3n) is 6.31. The van der Waals surface area contributed by atoms with Crippen molar-refractivity contribution in [1.82, 2.24) is 14.4 Å². The molecular formula is C25H26F4N4O6. The summed E-state index contributed by atoms with van der Waals surface area (Å²) < 4.78 is 64.0. The second-order valence-corrected chi connectivity index (χ2v) is 9.93. The molecule has 0 radical (unpaired) electrons. The van der Waals surface area contributed by atoms with Gasteiger partial charge in [0.2, 0.25) is 5.65 Å². The molecule has 4 heterocycles. The molecule has 0 spiro atoms. The van der Waals surface area contributed by atoms with E-state index in [9.17, 15) is 22.4 Å². The van der Waals surface area contributed by atoms with E-state index in [4.69, 9.17) is 29.1 Å². The maximum absolute atomic E-state index is 13.5. The number of nitrogens with zero attached hydrogens (tertiary/aromatic N) is 3. The van der Waals surface area contributed by atoms with E-state index in [1.54, 1.807) is 6.20 Å². The lowest BCUT2D eigenvalue weighted by molar-refractivity contribution is -0.192. The molecule has 39 heavy (non-hydrogen) atoms. The standard InChI is InChI=1S/C23H25FN4O4.C2HF3O2/c1-13(2)32-21-19-25-17(23-10-22(3,11-23)31-12-23)8-28(19)9-18(27-21)26-20(29)15-6-5-14(24)7-16(15)30-4;3-2(4,5)1(6)7/h5-9,13H,10-12H2,1-4H3,(H,26,29);(H,6,7). The Labute approximate surface area is 219 Å². The molecule has 0 unspecified atom stereocenters. The number of carbonyl (C=O) groups is 2. The van der Waals surface area contributed by atoms with Gasteiger partial charge in [0.25, 0.3) is 11.8 Å². The van der Waals surface area contributed by atoms with Crippen LogP contribution in [0.1, 0.15) is 49.7 Å². The Balaban J connectivity index is 0.000000448. The number of fused-ring (bicyclic) bond motifs is 2. The first-order valence-corrected chi connectivity index (χ1v) is 11.8. The van der Waals surface area contributed by atoms with Crippen LogP contribution in [0.5, 0.6) is 11.6 Å². The molecule has 10 nitrogen and oxygen atoms in total. The maximum Gasteiger partial charge on any atom is 0.490 e. The number of methoxy groups -OCH3 is 1. The van der Waals surface area contributed by atoms with Gasteiger partial charge < -0.3 is 24.6 Å². The highest BCUT2D eigenvalue weighted by Gasteiger charge is 2.61. The van der Waals surface area contributed by atoms with Crippen LogP contribution in [0.15, 0.2) is 30.6 Å². The number of nitrogens with one attached hydrogen (secondary N) is 1. The number of imidazole rings is 1. The quantitative estimate of drug-likeness (QED) is 0.431. The van der Waals surface area contributed by atoms with Crippen molar-refractivity contribution in [3.63, 3.8) is 0 Å². The average molecular weight is 554 g/mol. The Morgan fingerprint density at radius 3 is 2.41 bits per heavy atom. The highest BCUT2D eigenvalue weighted by molar-refractivity contribution is 6.05. The third kappa shape index (κ3) is 5.75. The minimum absolute atomic E-state index is 0.0569. The molecule has 14 heteroatoms. The van der Waals surface area contributed by atoms with Crippen LogP contribution in [-0.4, -0.2) is 62.9 Å². The van der Waals surface area contributed by atoms with Crippen molar-refractivity contribution >= 4 is 23.3 Å². The van der Waals surface area contributed by atoms with Crippen LogP contribution in [0, 0.1) is 5.82 Å². The van der Waals surface area contributed by atoms with Crippen molar-refractivity contribution in [3.05, 3.63) is 47.7 Å². The predicted molar refractivity (Wildman–Crippen MR) is 129 cm³/mol. The van der Waals surface area contributed by atoms with E-state index in [2.05, 4.69) is 17.2 Å². The smallest absolute Gasteiger partial charge is 0.490 e. The molecule has 3 aliphatic rings. The zero-order valence-electron chi connectivity index (χ0n) is 21.4. The summed E-state index contributed by atoms with van der Waals surface area (Å²) in [6, 6.07) is 3.74. The second kappa shape index (κ2) is 9.98. The second-order valence-electron chi connectivity index (χ2n) is 9.93. The minimum atomic E-state index is -5.08. The van der Waals surface area contributed by atoms with Gasteiger partial charge in [0.1, 0.15) is 11.6 Å². The highest BCUT2D eigenvalue weighted by atomic mass is 19.4. The summed E-state index contributed by atoms with van der Waals surface area (Å²) in [5.41, 5.74) is 1.58. The summed E-state index contributed by atoms with van der Waals surface area (Å²) in [6.45, 7) is 6.57. The summed E-state index contributed by atoms with van der Waals surface area (Å²) in [4.78, 5) is 31.1. The molecule has 2 bridgehead atoms. The summed E-state index contributed by atoms with van der Waals surface area (Å²) in [6.07, 6.45) is 0.302. The van der Waals surface area contributed by atoms with Crippen LogP contribution in [0.2, 0.25) is 0 Å². The number of ether oxygens (including phenoxy) is 3. The van der Waals surface area contributed by atoms with Crippen LogP contribution in [0.3, 0.4) is 0 Å². The van der Waals surface area contributed by atoms with Crippen molar-refractivity contribution in [1.29, 1.82) is 0 Å². The Bertz CT molecular complexity index is 1420. The van der Waals surface area contributed by atoms with Crippen molar-refractivity contribution in [2.24, 2.45) is 0 Å². The van der Waals surface area contributed by atoms with E-state index in [0.717, 1.165) is 24.6 Å². The molecule has 1 aliphatic carbocycles. The van der Waals surface area contributed by atoms with Gasteiger partial charge in [-0.2, -0.15) is 18.2 Å². The summed E-state index contributed by atoms with van der Waals surface area (Å²) in [5.74, 6) is -2.96. The molecule has 3 fully saturated rings. The SMILES string of the molecule is COc1cc(F)ccc1C(=O)Nc1cn2cc(C34COC(C)(C3)C4)nc2c(OC(C)C)n1.O=C(O)C(F)(F)F. The Morgan fingerprint density at radius 2 is 1.87 bits per heavy atom. The van der Waals surface area contributed by atoms with Crippen LogP contribution < -0.4 is 14.8 Å². The number of alkyl halides is 3. The number of hydrogen-bond acceptors (Lipinski definition) is 7. The van der Waals surface area contributed by atoms with Crippen molar-refractivity contribution in [2.45, 2.75) is 56.9 Å². The van der Waals surface area contributed by atoms with Gasteiger partial charge in [-0.1, -0.05) is 0 Å². The lowest BCUT2D eigenvalue weighted by atomic mass is 9.62. The highest BCUT2D eigenvalue weighted by Crippen LogP contribution is 2.58. The van der Waals surface area contributed by atoms with Gasteiger partial charge in [0.15, 0.2) is 5.82 Å². The van der Waals surface area contributed by atoms with Crippen LogP contribution in [-0.2, 0) is 14.9 Å². The number of carbonyl (C=O) groups excluding carboxylic acids is 1. The predicted octanol–water partition coefficient (Wildman–Crippen LogP) is 4.37. The molecule has 210 valence electrons. The Kier molecular flexibility index (Phi) is 7.19. The van der Waals surface area contributed by atoms with Crippen LogP contribution in [0.4, 0.5) is 23.4 Å². The molecule has 2 saturated heterocycles. The largest absolute Gasteiger partial charge is 0.496 e. The maximum atomic E-state index is 13.5. The summed E-state index contributed by atoms with van der Waals surface area (Å²) in [7, 11) is 1.38. The van der Waals surface area contributed by atoms with E-state index >= 15 is 0 Å². The number of anilines is 1. The van der Waals surface area contributed by atoms with Gasteiger partial charge in [0.05, 0.1) is 42.9 Å². The van der Waals surface area contributed by atoms with Crippen LogP contribution in [0.25, 0.3) is 5.65 Å². The fourth-order valence-electron chi connectivity index (χ4n) is 4.78. The minimum Gasteiger partial charge on any atom is -0.496 e. The van der Waals surface area contributed by atoms with Gasteiger partial charge in [-0.25, -0.2) is 14.2 Å². The molecule has 3 aromatic rings. The summed E-state index contributed by atoms with van der Waals surface area (Å²) >= 11 is 0. The molecule has 6 rings (SSSR count). The molecule has 2 aliphatic heterocycles. The van der Waals surface area contributed by atoms with Gasteiger partial charge >= 0.3 is 12.1 Å². The molecule has 1 aromatic carbocycles. The topological polar surface area (TPSA) is 124 Å². The fourth-order valence-corrected chi connectivity index (χ4v) is 4.78. The first kappa shape index (κ1) is 28.1. The number of rotatable bonds is 6. The number of carboxylic acids is 1. The van der Waals surface area contributed by atoms with Crippen molar-refractivity contribution in [3.8, 4) is 11.6 Å². The summed E-state index contributed by atoms with van der Waals surface area (Å²) in [5, 5.41) is 9.88. The van der Waals surface area contributed by atoms with Gasteiger partial charge in [-0.05, 0) is 45.7 Å². The number of aromatic nitrogens is 3. The molecule has 2 aromatic heterocycles. The first-order valence-electron chi connectivity index (χ1n) is 11.8. The molecule has 1 amide bonds. The number of halogens is 4. The lowest BCUT2D eigenvalue weighted by Gasteiger charge is -2.41.